The zero-order valence-corrected chi connectivity index (χ0v) is 20.8. The lowest BCUT2D eigenvalue weighted by molar-refractivity contribution is 0.0923. The number of rotatable bonds is 6. The number of ether oxygens (including phenoxy) is 1. The van der Waals surface area contributed by atoms with Crippen molar-refractivity contribution in [2.45, 2.75) is 12.5 Å². The molecule has 2 N–H and O–H groups in total. The van der Waals surface area contributed by atoms with E-state index in [1.807, 2.05) is 18.2 Å². The van der Waals surface area contributed by atoms with Crippen molar-refractivity contribution in [1.82, 2.24) is 20.1 Å². The van der Waals surface area contributed by atoms with E-state index in [-0.39, 0.29) is 39.1 Å². The van der Waals surface area contributed by atoms with E-state index in [1.165, 1.54) is 35.0 Å². The van der Waals surface area contributed by atoms with Crippen molar-refractivity contribution in [3.63, 3.8) is 0 Å². The zero-order chi connectivity index (χ0) is 25.9. The third-order valence-corrected chi connectivity index (χ3v) is 6.38. The minimum absolute atomic E-state index is 0.0983. The molecular formula is C26H20Cl2FN5O3. The second-order valence-electron chi connectivity index (χ2n) is 8.32. The second-order valence-corrected chi connectivity index (χ2v) is 9.14. The molecule has 1 saturated heterocycles. The normalized spacial score (nSPS) is 14.9. The van der Waals surface area contributed by atoms with Gasteiger partial charge in [-0.15, -0.1) is 0 Å². The number of amides is 2. The van der Waals surface area contributed by atoms with Crippen LogP contribution >= 0.6 is 23.2 Å². The quantitative estimate of drug-likeness (QED) is 0.353. The molecule has 0 aliphatic carbocycles. The molecule has 2 aromatic carbocycles. The molecule has 1 aliphatic heterocycles. The van der Waals surface area contributed by atoms with E-state index in [4.69, 9.17) is 27.9 Å². The van der Waals surface area contributed by atoms with Crippen molar-refractivity contribution in [3.05, 3.63) is 94.0 Å². The van der Waals surface area contributed by atoms with Gasteiger partial charge in [0.15, 0.2) is 5.69 Å². The Kier molecular flexibility index (Phi) is 7.18. The number of pyridine rings is 1. The minimum atomic E-state index is -0.557. The predicted octanol–water partition coefficient (Wildman–Crippen LogP) is 5.15. The van der Waals surface area contributed by atoms with Crippen LogP contribution in [0.4, 0.5) is 10.2 Å². The minimum Gasteiger partial charge on any atom is -0.379 e. The Balaban J connectivity index is 1.47. The molecule has 0 spiro atoms. The van der Waals surface area contributed by atoms with Gasteiger partial charge in [0, 0.05) is 18.2 Å². The summed E-state index contributed by atoms with van der Waals surface area (Å²) in [5.74, 6) is -1.18. The average Bonchev–Trinajstić information content (AvgIpc) is 3.55. The molecule has 2 amide bonds. The number of anilines is 1. The van der Waals surface area contributed by atoms with Crippen LogP contribution in [-0.4, -0.2) is 45.8 Å². The number of benzene rings is 2. The molecule has 0 unspecified atom stereocenters. The number of carbonyl (C=O) groups is 2. The Hall–Kier alpha value is -3.79. The lowest BCUT2D eigenvalue weighted by atomic mass is 10.1. The highest BCUT2D eigenvalue weighted by atomic mass is 35.5. The van der Waals surface area contributed by atoms with Crippen LogP contribution in [0.5, 0.6) is 0 Å². The fourth-order valence-corrected chi connectivity index (χ4v) is 4.46. The molecular weight excluding hydrogens is 520 g/mol. The van der Waals surface area contributed by atoms with E-state index < -0.39 is 11.7 Å². The van der Waals surface area contributed by atoms with Crippen LogP contribution in [0.2, 0.25) is 10.0 Å². The topological polar surface area (TPSA) is 98.1 Å². The molecule has 1 aliphatic rings. The summed E-state index contributed by atoms with van der Waals surface area (Å²) in [7, 11) is 0. The van der Waals surface area contributed by atoms with Crippen molar-refractivity contribution in [2.75, 3.05) is 18.5 Å². The monoisotopic (exact) mass is 539 g/mol. The zero-order valence-electron chi connectivity index (χ0n) is 19.2. The van der Waals surface area contributed by atoms with Gasteiger partial charge in [0.2, 0.25) is 0 Å². The molecule has 37 heavy (non-hydrogen) atoms. The summed E-state index contributed by atoms with van der Waals surface area (Å²) >= 11 is 12.7. The summed E-state index contributed by atoms with van der Waals surface area (Å²) in [4.78, 5) is 30.2. The van der Waals surface area contributed by atoms with E-state index >= 15 is 0 Å². The SMILES string of the molecule is O=C(N[C@@H]1CCOC1)c1cc(NC(=O)c2cc(-c3ccc(F)cn3)c(Cl)cc2Cl)n(-c2ccccc2)n1. The van der Waals surface area contributed by atoms with Crippen LogP contribution < -0.4 is 10.6 Å². The van der Waals surface area contributed by atoms with Gasteiger partial charge in [0.05, 0.1) is 45.8 Å². The third kappa shape index (κ3) is 5.48. The summed E-state index contributed by atoms with van der Waals surface area (Å²) in [6.07, 6.45) is 1.78. The third-order valence-electron chi connectivity index (χ3n) is 5.75. The lowest BCUT2D eigenvalue weighted by Gasteiger charge is -2.12. The van der Waals surface area contributed by atoms with Gasteiger partial charge in [-0.25, -0.2) is 9.07 Å². The number of halogens is 3. The molecule has 11 heteroatoms. The van der Waals surface area contributed by atoms with Crippen molar-refractivity contribution in [2.24, 2.45) is 0 Å². The Morgan fingerprint density at radius 1 is 1.03 bits per heavy atom. The molecule has 188 valence electrons. The Labute approximate surface area is 221 Å². The molecule has 4 aromatic rings. The van der Waals surface area contributed by atoms with Gasteiger partial charge < -0.3 is 15.4 Å². The number of nitrogens with zero attached hydrogens (tertiary/aromatic N) is 3. The van der Waals surface area contributed by atoms with Crippen LogP contribution in [0.3, 0.4) is 0 Å². The first-order valence-electron chi connectivity index (χ1n) is 11.4. The summed E-state index contributed by atoms with van der Waals surface area (Å²) < 4.78 is 20.1. The molecule has 3 heterocycles. The highest BCUT2D eigenvalue weighted by Crippen LogP contribution is 2.32. The fraction of sp³-hybridized carbons (Fsp3) is 0.154. The molecule has 1 atom stereocenters. The molecule has 0 radical (unpaired) electrons. The van der Waals surface area contributed by atoms with E-state index in [1.54, 1.807) is 12.1 Å². The summed E-state index contributed by atoms with van der Waals surface area (Å²) in [5, 5.41) is 10.5. The van der Waals surface area contributed by atoms with Crippen molar-refractivity contribution < 1.29 is 18.7 Å². The van der Waals surface area contributed by atoms with Gasteiger partial charge in [0.25, 0.3) is 11.8 Å². The van der Waals surface area contributed by atoms with E-state index in [0.717, 1.165) is 12.6 Å². The Bertz CT molecular complexity index is 1460. The van der Waals surface area contributed by atoms with E-state index in [2.05, 4.69) is 20.7 Å². The summed E-state index contributed by atoms with van der Waals surface area (Å²) in [6, 6.07) is 16.1. The van der Waals surface area contributed by atoms with Gasteiger partial charge in [-0.1, -0.05) is 41.4 Å². The first-order valence-corrected chi connectivity index (χ1v) is 12.1. The number of aromatic nitrogens is 3. The predicted molar refractivity (Wildman–Crippen MR) is 138 cm³/mol. The molecule has 0 saturated carbocycles. The second kappa shape index (κ2) is 10.7. The standard InChI is InChI=1S/C26H20Cl2FN5O3/c27-20-11-21(28)19(10-18(20)22-7-6-15(29)13-30-22)25(35)32-24-12-23(26(36)31-16-8-9-37-14-16)33-34(24)17-4-2-1-3-5-17/h1-7,10-13,16H,8-9,14H2,(H,31,36)(H,32,35)/t16-/m1/s1. The van der Waals surface area contributed by atoms with Gasteiger partial charge in [-0.3, -0.25) is 14.6 Å². The molecule has 0 bridgehead atoms. The molecule has 2 aromatic heterocycles. The Morgan fingerprint density at radius 2 is 1.84 bits per heavy atom. The number of carbonyl (C=O) groups excluding carboxylic acids is 2. The van der Waals surface area contributed by atoms with Gasteiger partial charge in [-0.2, -0.15) is 5.10 Å². The smallest absolute Gasteiger partial charge is 0.272 e. The number of hydrogen-bond acceptors (Lipinski definition) is 5. The first kappa shape index (κ1) is 24.9. The fourth-order valence-electron chi connectivity index (χ4n) is 3.89. The highest BCUT2D eigenvalue weighted by molar-refractivity contribution is 6.38. The van der Waals surface area contributed by atoms with Crippen molar-refractivity contribution in [3.8, 4) is 16.9 Å². The summed E-state index contributed by atoms with van der Waals surface area (Å²) in [5.41, 5.74) is 1.67. The Morgan fingerprint density at radius 3 is 2.54 bits per heavy atom. The lowest BCUT2D eigenvalue weighted by Crippen LogP contribution is -2.35. The molecule has 8 nitrogen and oxygen atoms in total. The van der Waals surface area contributed by atoms with Gasteiger partial charge in [-0.05, 0) is 42.8 Å². The van der Waals surface area contributed by atoms with Crippen LogP contribution in [0.1, 0.15) is 27.3 Å². The first-order chi connectivity index (χ1) is 17.9. The average molecular weight is 540 g/mol. The molecule has 5 rings (SSSR count). The highest BCUT2D eigenvalue weighted by Gasteiger charge is 2.23. The number of para-hydroxylation sites is 1. The van der Waals surface area contributed by atoms with Crippen molar-refractivity contribution >= 4 is 40.8 Å². The maximum atomic E-state index is 13.3. The van der Waals surface area contributed by atoms with Crippen molar-refractivity contribution in [1.29, 1.82) is 0 Å². The number of hydrogen-bond donors (Lipinski definition) is 2. The maximum absolute atomic E-state index is 13.3. The maximum Gasteiger partial charge on any atom is 0.272 e. The van der Waals surface area contributed by atoms with Gasteiger partial charge >= 0.3 is 0 Å². The summed E-state index contributed by atoms with van der Waals surface area (Å²) in [6.45, 7) is 1.02. The van der Waals surface area contributed by atoms with Crippen LogP contribution in [0.25, 0.3) is 16.9 Å². The van der Waals surface area contributed by atoms with E-state index in [9.17, 15) is 14.0 Å². The number of nitrogens with one attached hydrogen (secondary N) is 2. The van der Waals surface area contributed by atoms with Crippen LogP contribution in [-0.2, 0) is 4.74 Å². The van der Waals surface area contributed by atoms with Crippen LogP contribution in [0, 0.1) is 5.82 Å². The molecule has 1 fully saturated rings. The van der Waals surface area contributed by atoms with E-state index in [0.29, 0.717) is 30.2 Å². The van der Waals surface area contributed by atoms with Crippen LogP contribution in [0.15, 0.2) is 66.9 Å². The largest absolute Gasteiger partial charge is 0.379 e. The van der Waals surface area contributed by atoms with Gasteiger partial charge in [0.1, 0.15) is 11.6 Å².